The number of nitrogens with zero attached hydrogens (tertiary/aromatic N) is 1. The summed E-state index contributed by atoms with van der Waals surface area (Å²) in [7, 11) is 0. The number of rotatable bonds is 9. The Labute approximate surface area is 107 Å². The van der Waals surface area contributed by atoms with Crippen molar-refractivity contribution in [3.05, 3.63) is 0 Å². The number of ether oxygens (including phenoxy) is 1. The van der Waals surface area contributed by atoms with E-state index in [0.717, 1.165) is 0 Å². The molecule has 104 valence electrons. The van der Waals surface area contributed by atoms with E-state index in [1.54, 1.807) is 11.8 Å². The van der Waals surface area contributed by atoms with Gasteiger partial charge in [0.1, 0.15) is 5.78 Å². The molecular weight excluding hydrogens is 236 g/mol. The highest BCUT2D eigenvalue weighted by molar-refractivity contribution is 5.85. The van der Waals surface area contributed by atoms with Gasteiger partial charge in [-0.05, 0) is 20.8 Å². The highest BCUT2D eigenvalue weighted by Gasteiger charge is 2.16. The Morgan fingerprint density at radius 1 is 1.17 bits per heavy atom. The molecule has 0 bridgehead atoms. The van der Waals surface area contributed by atoms with E-state index >= 15 is 0 Å². The number of carbonyl (C=O) groups excluding carboxylic acids is 3. The predicted molar refractivity (Wildman–Crippen MR) is 66.8 cm³/mol. The van der Waals surface area contributed by atoms with Crippen molar-refractivity contribution in [1.29, 1.82) is 0 Å². The summed E-state index contributed by atoms with van der Waals surface area (Å²) >= 11 is 0. The largest absolute Gasteiger partial charge is 0.466 e. The molecule has 0 radical (unpaired) electrons. The molecule has 0 aromatic heterocycles. The maximum Gasteiger partial charge on any atom is 0.306 e. The normalized spacial score (nSPS) is 10.7. The fourth-order valence-electron chi connectivity index (χ4n) is 1.40. The number of nitrogens with two attached hydrogens (primary N) is 1. The molecule has 0 aliphatic heterocycles. The summed E-state index contributed by atoms with van der Waals surface area (Å²) in [5.41, 5.74) is 5.10. The number of amides is 1. The maximum absolute atomic E-state index is 11.6. The van der Waals surface area contributed by atoms with Gasteiger partial charge in [0.15, 0.2) is 0 Å². The highest BCUT2D eigenvalue weighted by Crippen LogP contribution is 2.01. The third-order valence-electron chi connectivity index (χ3n) is 2.38. The van der Waals surface area contributed by atoms with Crippen molar-refractivity contribution >= 4 is 17.7 Å². The van der Waals surface area contributed by atoms with Gasteiger partial charge in [-0.2, -0.15) is 0 Å². The summed E-state index contributed by atoms with van der Waals surface area (Å²) in [5, 5.41) is 0. The molecule has 0 saturated carbocycles. The van der Waals surface area contributed by atoms with Crippen molar-refractivity contribution in [1.82, 2.24) is 4.90 Å². The molecule has 1 amide bonds. The van der Waals surface area contributed by atoms with Gasteiger partial charge < -0.3 is 10.5 Å². The van der Waals surface area contributed by atoms with E-state index in [-0.39, 0.29) is 43.7 Å². The summed E-state index contributed by atoms with van der Waals surface area (Å²) in [6.45, 7) is 5.95. The highest BCUT2D eigenvalue weighted by atomic mass is 16.5. The predicted octanol–water partition coefficient (Wildman–Crippen LogP) is 0.0945. The van der Waals surface area contributed by atoms with Crippen molar-refractivity contribution in [2.45, 2.75) is 39.7 Å². The lowest BCUT2D eigenvalue weighted by Crippen LogP contribution is -2.41. The van der Waals surface area contributed by atoms with Crippen LogP contribution in [0.1, 0.15) is 33.6 Å². The van der Waals surface area contributed by atoms with Crippen LogP contribution < -0.4 is 5.73 Å². The van der Waals surface area contributed by atoms with Crippen LogP contribution in [0.4, 0.5) is 0 Å². The van der Waals surface area contributed by atoms with E-state index in [0.29, 0.717) is 6.61 Å². The smallest absolute Gasteiger partial charge is 0.306 e. The molecule has 6 nitrogen and oxygen atoms in total. The van der Waals surface area contributed by atoms with Crippen LogP contribution in [-0.4, -0.2) is 48.3 Å². The first kappa shape index (κ1) is 16.6. The molecule has 18 heavy (non-hydrogen) atoms. The van der Waals surface area contributed by atoms with Crippen LogP contribution in [0.3, 0.4) is 0 Å². The molecule has 0 saturated heterocycles. The fraction of sp³-hybridized carbons (Fsp3) is 0.750. The molecule has 0 atom stereocenters. The van der Waals surface area contributed by atoms with Gasteiger partial charge in [-0.1, -0.05) is 0 Å². The Kier molecular flexibility index (Phi) is 7.94. The first-order valence-electron chi connectivity index (χ1n) is 6.06. The van der Waals surface area contributed by atoms with Gasteiger partial charge in [0.05, 0.1) is 26.1 Å². The summed E-state index contributed by atoms with van der Waals surface area (Å²) in [5.74, 6) is -0.947. The standard InChI is InChI=1S/C12H22N2O4/c1-4-18-12(17)6-5-10(15)7-14(9(2)3)8-11(13)16/h9H,4-8H2,1-3H3,(H2,13,16). The van der Waals surface area contributed by atoms with Gasteiger partial charge in [0.2, 0.25) is 5.91 Å². The van der Waals surface area contributed by atoms with Gasteiger partial charge in [-0.15, -0.1) is 0 Å². The minimum atomic E-state index is -0.470. The number of hydrogen-bond acceptors (Lipinski definition) is 5. The van der Waals surface area contributed by atoms with Crippen LogP contribution in [0.5, 0.6) is 0 Å². The SMILES string of the molecule is CCOC(=O)CCC(=O)CN(CC(N)=O)C(C)C. The fourth-order valence-corrected chi connectivity index (χ4v) is 1.40. The number of Topliss-reactive ketones (excluding diaryl/α,β-unsaturated/α-hetero) is 1. The number of ketones is 1. The third kappa shape index (κ3) is 7.78. The van der Waals surface area contributed by atoms with E-state index in [1.807, 2.05) is 13.8 Å². The minimum Gasteiger partial charge on any atom is -0.466 e. The van der Waals surface area contributed by atoms with Gasteiger partial charge in [-0.3, -0.25) is 19.3 Å². The van der Waals surface area contributed by atoms with Crippen molar-refractivity contribution in [3.63, 3.8) is 0 Å². The average Bonchev–Trinajstić information content (AvgIpc) is 2.25. The molecule has 0 aromatic carbocycles. The zero-order valence-electron chi connectivity index (χ0n) is 11.3. The van der Waals surface area contributed by atoms with E-state index in [4.69, 9.17) is 10.5 Å². The zero-order valence-corrected chi connectivity index (χ0v) is 11.3. The number of primary amides is 1. The minimum absolute atomic E-state index is 0.0445. The number of hydrogen-bond donors (Lipinski definition) is 1. The van der Waals surface area contributed by atoms with E-state index in [9.17, 15) is 14.4 Å². The maximum atomic E-state index is 11.6. The lowest BCUT2D eigenvalue weighted by molar-refractivity contribution is -0.144. The molecule has 0 heterocycles. The van der Waals surface area contributed by atoms with Crippen LogP contribution in [0, 0.1) is 0 Å². The first-order chi connectivity index (χ1) is 8.36. The van der Waals surface area contributed by atoms with E-state index in [1.165, 1.54) is 0 Å². The Hall–Kier alpha value is -1.43. The zero-order chi connectivity index (χ0) is 14.1. The van der Waals surface area contributed by atoms with Gasteiger partial charge in [-0.25, -0.2) is 0 Å². The lowest BCUT2D eigenvalue weighted by atomic mass is 10.2. The van der Waals surface area contributed by atoms with Crippen LogP contribution >= 0.6 is 0 Å². The topological polar surface area (TPSA) is 89.7 Å². The quantitative estimate of drug-likeness (QED) is 0.592. The van der Waals surface area contributed by atoms with Gasteiger partial charge >= 0.3 is 5.97 Å². The Morgan fingerprint density at radius 3 is 2.22 bits per heavy atom. The van der Waals surface area contributed by atoms with Crippen molar-refractivity contribution in [2.24, 2.45) is 5.73 Å². The molecule has 0 fully saturated rings. The van der Waals surface area contributed by atoms with Crippen LogP contribution in [0.15, 0.2) is 0 Å². The second kappa shape index (κ2) is 8.63. The van der Waals surface area contributed by atoms with Gasteiger partial charge in [0, 0.05) is 12.5 Å². The first-order valence-corrected chi connectivity index (χ1v) is 6.06. The van der Waals surface area contributed by atoms with E-state index in [2.05, 4.69) is 0 Å². The second-order valence-electron chi connectivity index (χ2n) is 4.31. The Morgan fingerprint density at radius 2 is 1.78 bits per heavy atom. The van der Waals surface area contributed by atoms with Crippen molar-refractivity contribution < 1.29 is 19.1 Å². The molecule has 2 N–H and O–H groups in total. The molecule has 0 unspecified atom stereocenters. The van der Waals surface area contributed by atoms with Crippen LogP contribution in [0.2, 0.25) is 0 Å². The molecule has 0 aliphatic rings. The van der Waals surface area contributed by atoms with Crippen LogP contribution in [-0.2, 0) is 19.1 Å². The molecule has 0 rings (SSSR count). The van der Waals surface area contributed by atoms with E-state index < -0.39 is 5.91 Å². The molecule has 0 aromatic rings. The summed E-state index contributed by atoms with van der Waals surface area (Å²) in [4.78, 5) is 35.2. The second-order valence-corrected chi connectivity index (χ2v) is 4.31. The molecule has 6 heteroatoms. The van der Waals surface area contributed by atoms with Crippen molar-refractivity contribution in [2.75, 3.05) is 19.7 Å². The lowest BCUT2D eigenvalue weighted by Gasteiger charge is -2.23. The third-order valence-corrected chi connectivity index (χ3v) is 2.38. The number of esters is 1. The molecule has 0 spiro atoms. The average molecular weight is 258 g/mol. The molecular formula is C12H22N2O4. The monoisotopic (exact) mass is 258 g/mol. The van der Waals surface area contributed by atoms with Gasteiger partial charge in [0.25, 0.3) is 0 Å². The summed E-state index contributed by atoms with van der Waals surface area (Å²) in [6, 6.07) is 0.0454. The number of carbonyl (C=O) groups is 3. The Balaban J connectivity index is 4.10. The summed E-state index contributed by atoms with van der Waals surface area (Å²) < 4.78 is 4.73. The summed E-state index contributed by atoms with van der Waals surface area (Å²) in [6.07, 6.45) is 0.204. The molecule has 0 aliphatic carbocycles. The van der Waals surface area contributed by atoms with Crippen LogP contribution in [0.25, 0.3) is 0 Å². The Bertz CT molecular complexity index is 302. The van der Waals surface area contributed by atoms with Crippen molar-refractivity contribution in [3.8, 4) is 0 Å².